The molecule has 0 amide bonds. The van der Waals surface area contributed by atoms with Crippen LogP contribution in [0.25, 0.3) is 0 Å². The van der Waals surface area contributed by atoms with E-state index >= 15 is 0 Å². The first-order valence-corrected chi connectivity index (χ1v) is 5.41. The van der Waals surface area contributed by atoms with Crippen molar-refractivity contribution in [2.45, 2.75) is 26.7 Å². The largest absolute Gasteiger partial charge is 0.380 e. The van der Waals surface area contributed by atoms with E-state index < -0.39 is 0 Å². The topological polar surface area (TPSA) is 33.3 Å². The van der Waals surface area contributed by atoms with Crippen molar-refractivity contribution in [1.29, 1.82) is 0 Å². The molecule has 0 spiro atoms. The summed E-state index contributed by atoms with van der Waals surface area (Å²) >= 11 is 0. The number of hydrogen-bond acceptors (Lipinski definition) is 3. The lowest BCUT2D eigenvalue weighted by Crippen LogP contribution is -2.29. The Balaban J connectivity index is 2.76. The number of hydrogen-bond donors (Lipinski definition) is 2. The van der Waals surface area contributed by atoms with E-state index in [1.807, 2.05) is 0 Å². The third-order valence-electron chi connectivity index (χ3n) is 1.79. The highest BCUT2D eigenvalue weighted by atomic mass is 16.5. The maximum absolute atomic E-state index is 5.40. The summed E-state index contributed by atoms with van der Waals surface area (Å²) in [6.45, 7) is 10.1. The molecule has 80 valence electrons. The molecule has 0 aromatic carbocycles. The van der Waals surface area contributed by atoms with E-state index in [4.69, 9.17) is 4.74 Å². The first-order chi connectivity index (χ1) is 6.41. The van der Waals surface area contributed by atoms with Gasteiger partial charge in [0.05, 0.1) is 6.61 Å². The van der Waals surface area contributed by atoms with Gasteiger partial charge in [0.25, 0.3) is 0 Å². The van der Waals surface area contributed by atoms with Crippen molar-refractivity contribution in [2.75, 3.05) is 39.4 Å². The number of nitrogens with one attached hydrogen (secondary N) is 2. The van der Waals surface area contributed by atoms with Crippen LogP contribution < -0.4 is 10.6 Å². The molecule has 0 fully saturated rings. The molecule has 13 heavy (non-hydrogen) atoms. The molecule has 0 saturated heterocycles. The van der Waals surface area contributed by atoms with E-state index in [1.165, 1.54) is 12.8 Å². The van der Waals surface area contributed by atoms with Gasteiger partial charge in [-0.25, -0.2) is 0 Å². The molecule has 2 N–H and O–H groups in total. The molecule has 3 heteroatoms. The summed E-state index contributed by atoms with van der Waals surface area (Å²) in [6, 6.07) is 0. The van der Waals surface area contributed by atoms with Crippen LogP contribution in [0.4, 0.5) is 0 Å². The summed E-state index contributed by atoms with van der Waals surface area (Å²) < 4.78 is 5.40. The molecule has 0 aliphatic rings. The first kappa shape index (κ1) is 12.9. The zero-order valence-corrected chi connectivity index (χ0v) is 9.07. The van der Waals surface area contributed by atoms with Crippen molar-refractivity contribution in [3.63, 3.8) is 0 Å². The average Bonchev–Trinajstić information content (AvgIpc) is 2.16. The maximum atomic E-state index is 5.40. The predicted molar refractivity (Wildman–Crippen MR) is 57.1 cm³/mol. The zero-order valence-electron chi connectivity index (χ0n) is 9.07. The van der Waals surface area contributed by atoms with Crippen molar-refractivity contribution in [3.05, 3.63) is 0 Å². The van der Waals surface area contributed by atoms with Crippen molar-refractivity contribution in [1.82, 2.24) is 10.6 Å². The molecular weight excluding hydrogens is 164 g/mol. The Morgan fingerprint density at radius 2 is 1.69 bits per heavy atom. The highest BCUT2D eigenvalue weighted by Gasteiger charge is 1.88. The van der Waals surface area contributed by atoms with Gasteiger partial charge in [-0.2, -0.15) is 0 Å². The van der Waals surface area contributed by atoms with Gasteiger partial charge in [0.1, 0.15) is 0 Å². The van der Waals surface area contributed by atoms with Crippen molar-refractivity contribution >= 4 is 0 Å². The Hall–Kier alpha value is -0.120. The molecule has 0 atom stereocenters. The SMILES string of the molecule is CCCCOCCNCCNCC. The normalized spacial score (nSPS) is 10.6. The molecule has 0 bridgehead atoms. The van der Waals surface area contributed by atoms with Crippen molar-refractivity contribution < 1.29 is 4.74 Å². The van der Waals surface area contributed by atoms with Gasteiger partial charge in [-0.15, -0.1) is 0 Å². The van der Waals surface area contributed by atoms with Gasteiger partial charge in [-0.1, -0.05) is 20.3 Å². The average molecular weight is 188 g/mol. The van der Waals surface area contributed by atoms with E-state index in [0.29, 0.717) is 0 Å². The molecule has 0 heterocycles. The summed E-state index contributed by atoms with van der Waals surface area (Å²) in [5, 5.41) is 6.57. The third-order valence-corrected chi connectivity index (χ3v) is 1.79. The van der Waals surface area contributed by atoms with Crippen LogP contribution in [-0.4, -0.2) is 39.4 Å². The second-order valence-corrected chi connectivity index (χ2v) is 3.07. The fraction of sp³-hybridized carbons (Fsp3) is 1.00. The second-order valence-electron chi connectivity index (χ2n) is 3.07. The van der Waals surface area contributed by atoms with Gasteiger partial charge in [0.2, 0.25) is 0 Å². The monoisotopic (exact) mass is 188 g/mol. The van der Waals surface area contributed by atoms with Crippen LogP contribution in [0.3, 0.4) is 0 Å². The fourth-order valence-electron chi connectivity index (χ4n) is 0.971. The van der Waals surface area contributed by atoms with E-state index in [-0.39, 0.29) is 0 Å². The quantitative estimate of drug-likeness (QED) is 0.502. The highest BCUT2D eigenvalue weighted by molar-refractivity contribution is 4.49. The summed E-state index contributed by atoms with van der Waals surface area (Å²) in [5.41, 5.74) is 0. The minimum atomic E-state index is 0.839. The van der Waals surface area contributed by atoms with Gasteiger partial charge in [-0.3, -0.25) is 0 Å². The lowest BCUT2D eigenvalue weighted by Gasteiger charge is -2.05. The molecule has 0 aliphatic heterocycles. The van der Waals surface area contributed by atoms with E-state index in [0.717, 1.165) is 39.4 Å². The van der Waals surface area contributed by atoms with Gasteiger partial charge in [0.15, 0.2) is 0 Å². The van der Waals surface area contributed by atoms with Gasteiger partial charge >= 0.3 is 0 Å². The number of unbranched alkanes of at least 4 members (excludes halogenated alkanes) is 1. The molecule has 0 aromatic heterocycles. The second kappa shape index (κ2) is 11.9. The standard InChI is InChI=1S/C10H24N2O/c1-3-5-9-13-10-8-12-7-6-11-4-2/h11-12H,3-10H2,1-2H3. The van der Waals surface area contributed by atoms with Crippen LogP contribution in [0.5, 0.6) is 0 Å². The minimum Gasteiger partial charge on any atom is -0.380 e. The molecular formula is C10H24N2O. The predicted octanol–water partition coefficient (Wildman–Crippen LogP) is 1.00. The molecule has 0 radical (unpaired) electrons. The maximum Gasteiger partial charge on any atom is 0.0590 e. The number of likely N-dealkylation sites (N-methyl/N-ethyl adjacent to an activating group) is 1. The van der Waals surface area contributed by atoms with Gasteiger partial charge < -0.3 is 15.4 Å². The Labute approximate surface area is 82.2 Å². The van der Waals surface area contributed by atoms with E-state index in [1.54, 1.807) is 0 Å². The molecule has 0 rings (SSSR count). The Morgan fingerprint density at radius 3 is 2.38 bits per heavy atom. The molecule has 0 aliphatic carbocycles. The third kappa shape index (κ3) is 11.9. The molecule has 0 unspecified atom stereocenters. The van der Waals surface area contributed by atoms with Gasteiger partial charge in [0, 0.05) is 26.2 Å². The molecule has 0 saturated carbocycles. The van der Waals surface area contributed by atoms with Crippen LogP contribution >= 0.6 is 0 Å². The first-order valence-electron chi connectivity index (χ1n) is 5.41. The van der Waals surface area contributed by atoms with Gasteiger partial charge in [-0.05, 0) is 13.0 Å². The van der Waals surface area contributed by atoms with E-state index in [9.17, 15) is 0 Å². The van der Waals surface area contributed by atoms with Crippen LogP contribution in [0, 0.1) is 0 Å². The summed E-state index contributed by atoms with van der Waals surface area (Å²) in [5.74, 6) is 0. The summed E-state index contributed by atoms with van der Waals surface area (Å²) in [6.07, 6.45) is 2.39. The molecule has 0 aromatic rings. The van der Waals surface area contributed by atoms with Crippen molar-refractivity contribution in [3.8, 4) is 0 Å². The zero-order chi connectivity index (χ0) is 9.78. The van der Waals surface area contributed by atoms with Crippen LogP contribution in [0.2, 0.25) is 0 Å². The number of rotatable bonds is 10. The van der Waals surface area contributed by atoms with Crippen LogP contribution in [-0.2, 0) is 4.74 Å². The Bertz CT molecular complexity index is 79.0. The number of ether oxygens (including phenoxy) is 1. The highest BCUT2D eigenvalue weighted by Crippen LogP contribution is 1.86. The van der Waals surface area contributed by atoms with Crippen molar-refractivity contribution in [2.24, 2.45) is 0 Å². The smallest absolute Gasteiger partial charge is 0.0590 e. The van der Waals surface area contributed by atoms with E-state index in [2.05, 4.69) is 24.5 Å². The summed E-state index contributed by atoms with van der Waals surface area (Å²) in [4.78, 5) is 0. The van der Waals surface area contributed by atoms with Crippen LogP contribution in [0.1, 0.15) is 26.7 Å². The Kier molecular flexibility index (Phi) is 11.8. The minimum absolute atomic E-state index is 0.839. The fourth-order valence-corrected chi connectivity index (χ4v) is 0.971. The molecule has 3 nitrogen and oxygen atoms in total. The Morgan fingerprint density at radius 1 is 0.923 bits per heavy atom. The summed E-state index contributed by atoms with van der Waals surface area (Å²) in [7, 11) is 0. The lowest BCUT2D eigenvalue weighted by atomic mass is 10.4. The van der Waals surface area contributed by atoms with Crippen LogP contribution in [0.15, 0.2) is 0 Å². The lowest BCUT2D eigenvalue weighted by molar-refractivity contribution is 0.133.